The highest BCUT2D eigenvalue weighted by Gasteiger charge is 2.48. The van der Waals surface area contributed by atoms with Crippen molar-refractivity contribution >= 4 is 11.9 Å². The normalized spacial score (nSPS) is 28.4. The molecule has 0 radical (unpaired) electrons. The summed E-state index contributed by atoms with van der Waals surface area (Å²) in [6.07, 6.45) is -9.46. The average Bonchev–Trinajstić information content (AvgIpc) is 2.58. The summed E-state index contributed by atoms with van der Waals surface area (Å²) < 4.78 is 14.8. The molecule has 1 aromatic carbocycles. The third-order valence-corrected chi connectivity index (χ3v) is 3.62. The molecule has 1 fully saturated rings. The Kier molecular flexibility index (Phi) is 5.87. The van der Waals surface area contributed by atoms with Crippen LogP contribution in [0.3, 0.4) is 0 Å². The number of aromatic hydroxyl groups is 2. The molecule has 0 saturated carbocycles. The van der Waals surface area contributed by atoms with Gasteiger partial charge in [-0.3, -0.25) is 0 Å². The zero-order chi connectivity index (χ0) is 19.6. The minimum Gasteiger partial charge on any atom is -0.504 e. The first-order valence-corrected chi connectivity index (χ1v) is 7.49. The van der Waals surface area contributed by atoms with Crippen LogP contribution in [-0.2, 0) is 14.3 Å². The van der Waals surface area contributed by atoms with E-state index in [0.717, 1.165) is 12.1 Å². The second kappa shape index (κ2) is 7.74. The summed E-state index contributed by atoms with van der Waals surface area (Å²) in [6.45, 7) is 1.60. The van der Waals surface area contributed by atoms with Crippen LogP contribution < -0.4 is 4.74 Å². The van der Waals surface area contributed by atoms with Gasteiger partial charge in [-0.1, -0.05) is 0 Å². The molecule has 0 aliphatic carbocycles. The number of hydrogen-bond donors (Lipinski definition) is 6. The van der Waals surface area contributed by atoms with E-state index in [2.05, 4.69) is 0 Å². The van der Waals surface area contributed by atoms with Crippen molar-refractivity contribution in [3.63, 3.8) is 0 Å². The first-order chi connectivity index (χ1) is 12.2. The standard InChI is InChI=1S/C15H18O11/c1-2-24-14(23)5-3-6(16)8(17)7(4-5)25-15-11(20)9(18)10(19)12(26-15)13(21)22/h3-4,9-12,15-20H,2H2,1H3,(H,21,22)/t9-,10-,11+,12-,15+/m0/s1. The van der Waals surface area contributed by atoms with Crippen LogP contribution in [-0.4, -0.2) is 79.9 Å². The Labute approximate surface area is 146 Å². The maximum Gasteiger partial charge on any atom is 0.338 e. The van der Waals surface area contributed by atoms with E-state index in [1.54, 1.807) is 6.92 Å². The number of carboxylic acids is 1. The molecule has 5 atom stereocenters. The van der Waals surface area contributed by atoms with Gasteiger partial charge in [-0.05, 0) is 19.1 Å². The van der Waals surface area contributed by atoms with Gasteiger partial charge < -0.3 is 44.8 Å². The third-order valence-electron chi connectivity index (χ3n) is 3.62. The van der Waals surface area contributed by atoms with Gasteiger partial charge in [0.25, 0.3) is 0 Å². The number of benzene rings is 1. The lowest BCUT2D eigenvalue weighted by molar-refractivity contribution is -0.271. The van der Waals surface area contributed by atoms with E-state index >= 15 is 0 Å². The number of aliphatic carboxylic acids is 1. The lowest BCUT2D eigenvalue weighted by atomic mass is 9.99. The van der Waals surface area contributed by atoms with Crippen LogP contribution in [0.25, 0.3) is 0 Å². The summed E-state index contributed by atoms with van der Waals surface area (Å²) in [4.78, 5) is 22.8. The van der Waals surface area contributed by atoms with Crippen molar-refractivity contribution in [2.75, 3.05) is 6.61 Å². The van der Waals surface area contributed by atoms with Gasteiger partial charge in [0, 0.05) is 0 Å². The maximum atomic E-state index is 11.8. The predicted molar refractivity (Wildman–Crippen MR) is 80.7 cm³/mol. The Hall–Kier alpha value is -2.60. The molecule has 2 rings (SSSR count). The summed E-state index contributed by atoms with van der Waals surface area (Å²) in [5.41, 5.74) is -0.196. The number of aliphatic hydroxyl groups excluding tert-OH is 3. The molecule has 144 valence electrons. The fourth-order valence-corrected chi connectivity index (χ4v) is 2.29. The van der Waals surface area contributed by atoms with Crippen LogP contribution in [0.2, 0.25) is 0 Å². The number of ether oxygens (including phenoxy) is 3. The highest BCUT2D eigenvalue weighted by atomic mass is 16.7. The molecule has 0 bridgehead atoms. The Balaban J connectivity index is 2.31. The SMILES string of the molecule is CCOC(=O)c1cc(O)c(O)c(O[C@@H]2O[C@H](C(=O)O)[C@@H](O)[C@H](O)[C@H]2O)c1. The minimum atomic E-state index is -1.92. The van der Waals surface area contributed by atoms with Crippen molar-refractivity contribution in [1.29, 1.82) is 0 Å². The van der Waals surface area contributed by atoms with E-state index < -0.39 is 59.9 Å². The van der Waals surface area contributed by atoms with Crippen LogP contribution in [0.15, 0.2) is 12.1 Å². The van der Waals surface area contributed by atoms with Gasteiger partial charge in [-0.2, -0.15) is 0 Å². The van der Waals surface area contributed by atoms with Crippen molar-refractivity contribution in [1.82, 2.24) is 0 Å². The first-order valence-electron chi connectivity index (χ1n) is 7.49. The van der Waals surface area contributed by atoms with E-state index in [1.165, 1.54) is 0 Å². The molecule has 0 amide bonds. The van der Waals surface area contributed by atoms with Crippen LogP contribution in [0, 0.1) is 0 Å². The van der Waals surface area contributed by atoms with Gasteiger partial charge in [0.15, 0.2) is 17.6 Å². The molecule has 1 aromatic rings. The summed E-state index contributed by atoms with van der Waals surface area (Å²) in [6, 6.07) is 1.88. The van der Waals surface area contributed by atoms with Crippen molar-refractivity contribution in [3.05, 3.63) is 17.7 Å². The van der Waals surface area contributed by atoms with Crippen molar-refractivity contribution in [2.45, 2.75) is 37.6 Å². The molecule has 0 spiro atoms. The van der Waals surface area contributed by atoms with E-state index in [9.17, 15) is 35.1 Å². The molecule has 0 unspecified atom stereocenters. The molecule has 11 heteroatoms. The zero-order valence-electron chi connectivity index (χ0n) is 13.5. The van der Waals surface area contributed by atoms with Gasteiger partial charge in [0.1, 0.15) is 18.3 Å². The monoisotopic (exact) mass is 374 g/mol. The van der Waals surface area contributed by atoms with Gasteiger partial charge in [-0.15, -0.1) is 0 Å². The highest BCUT2D eigenvalue weighted by Crippen LogP contribution is 2.38. The van der Waals surface area contributed by atoms with Gasteiger partial charge in [0.05, 0.1) is 12.2 Å². The van der Waals surface area contributed by atoms with E-state index in [-0.39, 0.29) is 12.2 Å². The Bertz CT molecular complexity index is 688. The molecule has 1 heterocycles. The van der Waals surface area contributed by atoms with Crippen molar-refractivity contribution in [3.8, 4) is 17.2 Å². The second-order valence-corrected chi connectivity index (χ2v) is 5.42. The lowest BCUT2D eigenvalue weighted by Crippen LogP contribution is -2.61. The highest BCUT2D eigenvalue weighted by molar-refractivity contribution is 5.91. The van der Waals surface area contributed by atoms with Crippen LogP contribution >= 0.6 is 0 Å². The summed E-state index contributed by atoms with van der Waals surface area (Å²) in [5.74, 6) is -4.56. The molecular formula is C15H18O11. The van der Waals surface area contributed by atoms with Crippen molar-refractivity contribution in [2.24, 2.45) is 0 Å². The molecule has 1 aliphatic rings. The van der Waals surface area contributed by atoms with E-state index in [4.69, 9.17) is 19.3 Å². The van der Waals surface area contributed by atoms with Crippen LogP contribution in [0.4, 0.5) is 0 Å². The number of hydrogen-bond acceptors (Lipinski definition) is 10. The molecule has 6 N–H and O–H groups in total. The Morgan fingerprint density at radius 3 is 2.35 bits per heavy atom. The number of rotatable bonds is 5. The first kappa shape index (κ1) is 19.7. The molecule has 1 saturated heterocycles. The number of carboxylic acid groups (broad SMARTS) is 1. The molecule has 1 aliphatic heterocycles. The van der Waals surface area contributed by atoms with Gasteiger partial charge in [-0.25, -0.2) is 9.59 Å². The fourth-order valence-electron chi connectivity index (χ4n) is 2.29. The second-order valence-electron chi connectivity index (χ2n) is 5.42. The minimum absolute atomic E-state index is 0.0471. The Morgan fingerprint density at radius 2 is 1.77 bits per heavy atom. The smallest absolute Gasteiger partial charge is 0.338 e. The number of aliphatic hydroxyl groups is 3. The predicted octanol–water partition coefficient (Wildman–Crippen LogP) is -1.45. The van der Waals surface area contributed by atoms with Gasteiger partial charge >= 0.3 is 11.9 Å². The Morgan fingerprint density at radius 1 is 1.12 bits per heavy atom. The average molecular weight is 374 g/mol. The number of carbonyl (C=O) groups is 2. The van der Waals surface area contributed by atoms with E-state index in [1.807, 2.05) is 0 Å². The van der Waals surface area contributed by atoms with Gasteiger partial charge in [0.2, 0.25) is 12.0 Å². The number of phenols is 2. The molecule has 11 nitrogen and oxygen atoms in total. The topological polar surface area (TPSA) is 183 Å². The molecule has 0 aromatic heterocycles. The summed E-state index contributed by atoms with van der Waals surface area (Å²) >= 11 is 0. The molecule has 26 heavy (non-hydrogen) atoms. The summed E-state index contributed by atoms with van der Waals surface area (Å²) in [5, 5.41) is 57.8. The quantitative estimate of drug-likeness (QED) is 0.262. The van der Waals surface area contributed by atoms with Crippen LogP contribution in [0.5, 0.6) is 17.2 Å². The maximum absolute atomic E-state index is 11.8. The third kappa shape index (κ3) is 3.80. The fraction of sp³-hybridized carbons (Fsp3) is 0.467. The van der Waals surface area contributed by atoms with Crippen molar-refractivity contribution < 1.29 is 54.4 Å². The number of carbonyl (C=O) groups excluding carboxylic acids is 1. The largest absolute Gasteiger partial charge is 0.504 e. The molecular weight excluding hydrogens is 356 g/mol. The zero-order valence-corrected chi connectivity index (χ0v) is 13.5. The van der Waals surface area contributed by atoms with Crippen LogP contribution in [0.1, 0.15) is 17.3 Å². The summed E-state index contributed by atoms with van der Waals surface area (Å²) in [7, 11) is 0. The number of phenolic OH excluding ortho intramolecular Hbond substituents is 2. The lowest BCUT2D eigenvalue weighted by Gasteiger charge is -2.38. The van der Waals surface area contributed by atoms with E-state index in [0.29, 0.717) is 0 Å². The number of esters is 1.